The molecule has 10 heteroatoms. The number of para-hydroxylation sites is 1. The number of carbonyl (C=O) groups is 2. The van der Waals surface area contributed by atoms with Gasteiger partial charge in [-0.15, -0.1) is 0 Å². The van der Waals surface area contributed by atoms with E-state index in [4.69, 9.17) is 11.6 Å². The lowest BCUT2D eigenvalue weighted by Gasteiger charge is -2.33. The van der Waals surface area contributed by atoms with Crippen molar-refractivity contribution < 1.29 is 22.4 Å². The van der Waals surface area contributed by atoms with Crippen LogP contribution >= 0.6 is 11.6 Å². The number of hydrogen-bond acceptors (Lipinski definition) is 4. The molecule has 35 heavy (non-hydrogen) atoms. The molecule has 1 N–H and O–H groups in total. The van der Waals surface area contributed by atoms with Gasteiger partial charge in [0.1, 0.15) is 18.4 Å². The number of benzene rings is 2. The highest BCUT2D eigenvalue weighted by molar-refractivity contribution is 7.92. The van der Waals surface area contributed by atoms with E-state index in [-0.39, 0.29) is 24.2 Å². The van der Waals surface area contributed by atoms with Crippen molar-refractivity contribution >= 4 is 39.1 Å². The van der Waals surface area contributed by atoms with Crippen molar-refractivity contribution in [1.82, 2.24) is 10.2 Å². The highest BCUT2D eigenvalue weighted by atomic mass is 35.5. The van der Waals surface area contributed by atoms with Crippen molar-refractivity contribution in [2.45, 2.75) is 57.7 Å². The summed E-state index contributed by atoms with van der Waals surface area (Å²) in [4.78, 5) is 28.2. The molecule has 0 aromatic heterocycles. The normalized spacial score (nSPS) is 15.0. The van der Waals surface area contributed by atoms with E-state index in [0.717, 1.165) is 42.3 Å². The number of rotatable bonds is 10. The number of halogens is 2. The van der Waals surface area contributed by atoms with Gasteiger partial charge in [0.25, 0.3) is 0 Å². The molecule has 2 amide bonds. The summed E-state index contributed by atoms with van der Waals surface area (Å²) < 4.78 is 40.3. The number of nitrogens with zero attached hydrogens (tertiary/aromatic N) is 2. The maximum atomic E-state index is 14.5. The molecule has 0 unspecified atom stereocenters. The zero-order chi connectivity index (χ0) is 25.6. The number of carbonyl (C=O) groups excluding carboxylic acids is 2. The highest BCUT2D eigenvalue weighted by Gasteiger charge is 2.33. The van der Waals surface area contributed by atoms with E-state index in [9.17, 15) is 22.4 Å². The van der Waals surface area contributed by atoms with Crippen LogP contribution in [0.4, 0.5) is 10.1 Å². The first-order valence-corrected chi connectivity index (χ1v) is 13.9. The van der Waals surface area contributed by atoms with Crippen LogP contribution in [0.3, 0.4) is 0 Å². The molecule has 190 valence electrons. The fraction of sp³-hybridized carbons (Fsp3) is 0.440. The Kier molecular flexibility index (Phi) is 9.13. The van der Waals surface area contributed by atoms with Gasteiger partial charge in [-0.3, -0.25) is 13.9 Å². The van der Waals surface area contributed by atoms with Gasteiger partial charge in [0.2, 0.25) is 21.8 Å². The second kappa shape index (κ2) is 11.9. The molecular formula is C25H31ClFN3O4S. The summed E-state index contributed by atoms with van der Waals surface area (Å²) >= 11 is 6.34. The predicted molar refractivity (Wildman–Crippen MR) is 135 cm³/mol. The summed E-state index contributed by atoms with van der Waals surface area (Å²) in [5.74, 6) is -1.70. The minimum Gasteiger partial charge on any atom is -0.352 e. The Morgan fingerprint density at radius 2 is 1.74 bits per heavy atom. The van der Waals surface area contributed by atoms with E-state index >= 15 is 0 Å². The molecule has 2 aromatic rings. The van der Waals surface area contributed by atoms with Gasteiger partial charge in [0.15, 0.2) is 0 Å². The quantitative estimate of drug-likeness (QED) is 0.507. The van der Waals surface area contributed by atoms with Gasteiger partial charge in [-0.25, -0.2) is 12.8 Å². The Bertz CT molecular complexity index is 1150. The highest BCUT2D eigenvalue weighted by Crippen LogP contribution is 2.24. The van der Waals surface area contributed by atoms with Crippen molar-refractivity contribution in [3.05, 3.63) is 64.9 Å². The van der Waals surface area contributed by atoms with Crippen molar-refractivity contribution in [1.29, 1.82) is 0 Å². The first-order chi connectivity index (χ1) is 16.6. The molecule has 1 fully saturated rings. The van der Waals surface area contributed by atoms with Crippen LogP contribution in [-0.2, 0) is 26.2 Å². The SMILES string of the molecule is CC[C@@H](C(=O)NC1CCCC1)N(Cc1ccccc1Cl)C(=O)CN(c1ccccc1F)S(C)(=O)=O. The summed E-state index contributed by atoms with van der Waals surface area (Å²) in [5.41, 5.74) is 0.385. The Morgan fingerprint density at radius 1 is 1.11 bits per heavy atom. The number of amides is 2. The molecule has 0 spiro atoms. The third-order valence-electron chi connectivity index (χ3n) is 6.19. The fourth-order valence-corrected chi connectivity index (χ4v) is 5.39. The molecule has 0 bridgehead atoms. The molecule has 1 aliphatic carbocycles. The van der Waals surface area contributed by atoms with Crippen molar-refractivity contribution in [2.75, 3.05) is 17.1 Å². The molecule has 1 saturated carbocycles. The van der Waals surface area contributed by atoms with Crippen LogP contribution < -0.4 is 9.62 Å². The molecular weight excluding hydrogens is 493 g/mol. The third-order valence-corrected chi connectivity index (χ3v) is 7.68. The smallest absolute Gasteiger partial charge is 0.244 e. The third kappa shape index (κ3) is 6.95. The van der Waals surface area contributed by atoms with Crippen molar-refractivity contribution in [3.8, 4) is 0 Å². The maximum Gasteiger partial charge on any atom is 0.244 e. The van der Waals surface area contributed by atoms with E-state index < -0.39 is 34.3 Å². The van der Waals surface area contributed by atoms with Crippen LogP contribution in [0.25, 0.3) is 0 Å². The number of anilines is 1. The van der Waals surface area contributed by atoms with Gasteiger partial charge in [-0.05, 0) is 43.0 Å². The topological polar surface area (TPSA) is 86.8 Å². The van der Waals surface area contributed by atoms with Crippen LogP contribution in [0.2, 0.25) is 5.02 Å². The Balaban J connectivity index is 1.94. The van der Waals surface area contributed by atoms with Crippen LogP contribution in [0.5, 0.6) is 0 Å². The fourth-order valence-electron chi connectivity index (χ4n) is 4.35. The van der Waals surface area contributed by atoms with Gasteiger partial charge in [-0.1, -0.05) is 61.7 Å². The molecule has 7 nitrogen and oxygen atoms in total. The number of hydrogen-bond donors (Lipinski definition) is 1. The zero-order valence-electron chi connectivity index (χ0n) is 19.9. The number of nitrogens with one attached hydrogen (secondary N) is 1. The second-order valence-electron chi connectivity index (χ2n) is 8.75. The average molecular weight is 524 g/mol. The van der Waals surface area contributed by atoms with Crippen LogP contribution in [-0.4, -0.2) is 50.0 Å². The van der Waals surface area contributed by atoms with Crippen LogP contribution in [0, 0.1) is 5.82 Å². The van der Waals surface area contributed by atoms with Gasteiger partial charge in [0.05, 0.1) is 11.9 Å². The Morgan fingerprint density at radius 3 is 2.34 bits per heavy atom. The van der Waals surface area contributed by atoms with E-state index in [2.05, 4.69) is 5.32 Å². The largest absolute Gasteiger partial charge is 0.352 e. The lowest BCUT2D eigenvalue weighted by atomic mass is 10.1. The summed E-state index contributed by atoms with van der Waals surface area (Å²) in [6.07, 6.45) is 5.07. The average Bonchev–Trinajstić information content (AvgIpc) is 3.31. The van der Waals surface area contributed by atoms with E-state index in [1.54, 1.807) is 31.2 Å². The molecule has 0 heterocycles. The standard InChI is InChI=1S/C25H31ClFN3O4S/c1-3-22(25(32)28-19-11-5-6-12-19)29(16-18-10-4-7-13-20(18)26)24(31)17-30(35(2,33)34)23-15-9-8-14-21(23)27/h4,7-10,13-15,19,22H,3,5-6,11-12,16-17H2,1-2H3,(H,28,32)/t22-/m0/s1. The Hall–Kier alpha value is -2.65. The van der Waals surface area contributed by atoms with Gasteiger partial charge in [0, 0.05) is 17.6 Å². The first-order valence-electron chi connectivity index (χ1n) is 11.7. The maximum absolute atomic E-state index is 14.5. The molecule has 3 rings (SSSR count). The summed E-state index contributed by atoms with van der Waals surface area (Å²) in [6.45, 7) is 1.14. The zero-order valence-corrected chi connectivity index (χ0v) is 21.5. The van der Waals surface area contributed by atoms with E-state index in [0.29, 0.717) is 17.0 Å². The second-order valence-corrected chi connectivity index (χ2v) is 11.1. The van der Waals surface area contributed by atoms with Crippen molar-refractivity contribution in [2.24, 2.45) is 0 Å². The van der Waals surface area contributed by atoms with Crippen molar-refractivity contribution in [3.63, 3.8) is 0 Å². The summed E-state index contributed by atoms with van der Waals surface area (Å²) in [5, 5.41) is 3.45. The molecule has 0 aliphatic heterocycles. The van der Waals surface area contributed by atoms with E-state index in [1.807, 2.05) is 0 Å². The molecule has 0 saturated heterocycles. The van der Waals surface area contributed by atoms with Gasteiger partial charge < -0.3 is 10.2 Å². The van der Waals surface area contributed by atoms with Crippen LogP contribution in [0.15, 0.2) is 48.5 Å². The lowest BCUT2D eigenvalue weighted by molar-refractivity contribution is -0.140. The van der Waals surface area contributed by atoms with Gasteiger partial charge >= 0.3 is 0 Å². The van der Waals surface area contributed by atoms with E-state index in [1.165, 1.54) is 23.1 Å². The lowest BCUT2D eigenvalue weighted by Crippen LogP contribution is -2.53. The summed E-state index contributed by atoms with van der Waals surface area (Å²) in [6, 6.07) is 11.5. The molecule has 1 atom stereocenters. The monoisotopic (exact) mass is 523 g/mol. The first kappa shape index (κ1) is 26.9. The summed E-state index contributed by atoms with van der Waals surface area (Å²) in [7, 11) is -4.00. The molecule has 0 radical (unpaired) electrons. The Labute approximate surface area is 211 Å². The minimum absolute atomic E-state index is 0.00394. The van der Waals surface area contributed by atoms with Gasteiger partial charge in [-0.2, -0.15) is 0 Å². The molecule has 1 aliphatic rings. The predicted octanol–water partition coefficient (Wildman–Crippen LogP) is 4.11. The molecule has 2 aromatic carbocycles. The van der Waals surface area contributed by atoms with Crippen LogP contribution in [0.1, 0.15) is 44.6 Å². The minimum atomic E-state index is -4.00. The number of sulfonamides is 1.